The number of carbonyl (C=O) groups is 2. The quantitative estimate of drug-likeness (QED) is 0.725. The maximum Gasteiger partial charge on any atom is 0.160 e. The summed E-state index contributed by atoms with van der Waals surface area (Å²) in [5.74, 6) is 0.420. The number of rotatable bonds is 2. The average molecular weight is 226 g/mol. The molecule has 0 radical (unpaired) electrons. The van der Waals surface area contributed by atoms with E-state index < -0.39 is 0 Å². The van der Waals surface area contributed by atoms with Gasteiger partial charge in [-0.25, -0.2) is 0 Å². The van der Waals surface area contributed by atoms with E-state index in [1.54, 1.807) is 13.0 Å². The molecule has 17 heavy (non-hydrogen) atoms. The van der Waals surface area contributed by atoms with Crippen LogP contribution in [0.2, 0.25) is 0 Å². The monoisotopic (exact) mass is 226 g/mol. The first kappa shape index (κ1) is 10.5. The smallest absolute Gasteiger partial charge is 0.160 e. The summed E-state index contributed by atoms with van der Waals surface area (Å²) in [6.07, 6.45) is 11.0. The first-order valence-electron chi connectivity index (χ1n) is 5.91. The molecule has 1 fully saturated rings. The lowest BCUT2D eigenvalue weighted by molar-refractivity contribution is -0.116. The van der Waals surface area contributed by atoms with Gasteiger partial charge in [-0.05, 0) is 31.8 Å². The maximum absolute atomic E-state index is 11.9. The van der Waals surface area contributed by atoms with Gasteiger partial charge in [0.2, 0.25) is 0 Å². The van der Waals surface area contributed by atoms with Crippen molar-refractivity contribution in [1.82, 2.24) is 0 Å². The van der Waals surface area contributed by atoms with Gasteiger partial charge in [-0.3, -0.25) is 9.59 Å². The van der Waals surface area contributed by atoms with Gasteiger partial charge in [0, 0.05) is 16.6 Å². The molecule has 1 saturated carbocycles. The Balaban J connectivity index is 2.23. The highest BCUT2D eigenvalue weighted by molar-refractivity contribution is 6.09. The van der Waals surface area contributed by atoms with Crippen molar-refractivity contribution in [3.8, 4) is 0 Å². The van der Waals surface area contributed by atoms with Crippen molar-refractivity contribution in [3.63, 3.8) is 0 Å². The molecule has 0 heterocycles. The fourth-order valence-electron chi connectivity index (χ4n) is 3.22. The zero-order valence-corrected chi connectivity index (χ0v) is 9.99. The highest BCUT2D eigenvalue weighted by atomic mass is 16.1. The van der Waals surface area contributed by atoms with Crippen LogP contribution in [0.25, 0.3) is 0 Å². The molecule has 3 rings (SSSR count). The normalized spacial score (nSPS) is 32.8. The predicted molar refractivity (Wildman–Crippen MR) is 65.3 cm³/mol. The second kappa shape index (κ2) is 3.16. The minimum absolute atomic E-state index is 0.0138. The molecule has 0 aliphatic heterocycles. The third-order valence-electron chi connectivity index (χ3n) is 4.03. The second-order valence-electron chi connectivity index (χ2n) is 5.02. The van der Waals surface area contributed by atoms with Crippen LogP contribution >= 0.6 is 0 Å². The molecule has 0 amide bonds. The van der Waals surface area contributed by atoms with E-state index in [4.69, 9.17) is 0 Å². The van der Waals surface area contributed by atoms with E-state index in [-0.39, 0.29) is 17.0 Å². The molecule has 2 heteroatoms. The third-order valence-corrected chi connectivity index (χ3v) is 4.03. The standard InChI is InChI=1S/C15H14O2/c1-9(16)13-7-6-11-4-3-5-12-8-15(11,12)14(13)10(2)17/h3-7,12H,8H2,1-2H3. The first-order chi connectivity index (χ1) is 8.07. The summed E-state index contributed by atoms with van der Waals surface area (Å²) in [6.45, 7) is 3.10. The lowest BCUT2D eigenvalue weighted by Gasteiger charge is -2.27. The molecular formula is C15H14O2. The van der Waals surface area contributed by atoms with Crippen LogP contribution in [0.1, 0.15) is 20.3 Å². The van der Waals surface area contributed by atoms with Crippen molar-refractivity contribution in [2.75, 3.05) is 0 Å². The Morgan fingerprint density at radius 2 is 2.00 bits per heavy atom. The summed E-state index contributed by atoms with van der Waals surface area (Å²) in [7, 11) is 0. The molecule has 2 unspecified atom stereocenters. The van der Waals surface area contributed by atoms with E-state index in [2.05, 4.69) is 12.2 Å². The lowest BCUT2D eigenvalue weighted by Crippen LogP contribution is -2.23. The van der Waals surface area contributed by atoms with E-state index in [1.807, 2.05) is 12.2 Å². The summed E-state index contributed by atoms with van der Waals surface area (Å²) in [5.41, 5.74) is 2.34. The Morgan fingerprint density at radius 3 is 2.65 bits per heavy atom. The van der Waals surface area contributed by atoms with Gasteiger partial charge in [0.1, 0.15) is 0 Å². The summed E-state index contributed by atoms with van der Waals surface area (Å²) < 4.78 is 0. The van der Waals surface area contributed by atoms with E-state index >= 15 is 0 Å². The van der Waals surface area contributed by atoms with E-state index in [9.17, 15) is 9.59 Å². The van der Waals surface area contributed by atoms with Crippen LogP contribution < -0.4 is 0 Å². The molecule has 0 aromatic heterocycles. The fourth-order valence-corrected chi connectivity index (χ4v) is 3.22. The molecular weight excluding hydrogens is 212 g/mol. The predicted octanol–water partition coefficient (Wildman–Crippen LogP) is 2.53. The van der Waals surface area contributed by atoms with Crippen molar-refractivity contribution in [2.45, 2.75) is 20.3 Å². The number of hydrogen-bond donors (Lipinski definition) is 0. The lowest BCUT2D eigenvalue weighted by atomic mass is 9.74. The van der Waals surface area contributed by atoms with Gasteiger partial charge < -0.3 is 0 Å². The molecule has 0 bridgehead atoms. The molecule has 2 nitrogen and oxygen atoms in total. The van der Waals surface area contributed by atoms with Gasteiger partial charge in [-0.2, -0.15) is 0 Å². The Kier molecular flexibility index (Phi) is 1.94. The van der Waals surface area contributed by atoms with Crippen molar-refractivity contribution in [1.29, 1.82) is 0 Å². The van der Waals surface area contributed by atoms with Crippen LogP contribution in [-0.4, -0.2) is 11.6 Å². The third kappa shape index (κ3) is 1.21. The average Bonchev–Trinajstić information content (AvgIpc) is 2.98. The largest absolute Gasteiger partial charge is 0.295 e. The van der Waals surface area contributed by atoms with E-state index in [0.29, 0.717) is 11.5 Å². The molecule has 2 atom stereocenters. The highest BCUT2D eigenvalue weighted by Gasteiger charge is 2.60. The molecule has 3 aliphatic rings. The van der Waals surface area contributed by atoms with Crippen LogP contribution in [-0.2, 0) is 9.59 Å². The molecule has 0 saturated heterocycles. The van der Waals surface area contributed by atoms with Crippen LogP contribution in [0.4, 0.5) is 0 Å². The van der Waals surface area contributed by atoms with Crippen molar-refractivity contribution >= 4 is 11.6 Å². The van der Waals surface area contributed by atoms with Gasteiger partial charge >= 0.3 is 0 Å². The summed E-state index contributed by atoms with van der Waals surface area (Å²) >= 11 is 0. The topological polar surface area (TPSA) is 34.1 Å². The van der Waals surface area contributed by atoms with Gasteiger partial charge in [-0.15, -0.1) is 0 Å². The van der Waals surface area contributed by atoms with Gasteiger partial charge in [-0.1, -0.05) is 30.4 Å². The second-order valence-corrected chi connectivity index (χ2v) is 5.02. The summed E-state index contributed by atoms with van der Waals surface area (Å²) in [5, 5.41) is 0. The van der Waals surface area contributed by atoms with Gasteiger partial charge in [0.25, 0.3) is 0 Å². The SMILES string of the molecule is CC(=O)C1=C(C(C)=O)C23CC2C=CC=C3C=C1. The Bertz CT molecular complexity index is 557. The Hall–Kier alpha value is -1.70. The van der Waals surface area contributed by atoms with Gasteiger partial charge in [0.15, 0.2) is 11.6 Å². The Labute approximate surface area is 100 Å². The van der Waals surface area contributed by atoms with Crippen LogP contribution in [0, 0.1) is 11.3 Å². The first-order valence-corrected chi connectivity index (χ1v) is 5.91. The van der Waals surface area contributed by atoms with Crippen LogP contribution in [0.3, 0.4) is 0 Å². The van der Waals surface area contributed by atoms with Crippen molar-refractivity contribution < 1.29 is 9.59 Å². The zero-order chi connectivity index (χ0) is 12.2. The maximum atomic E-state index is 11.9. The number of Topliss-reactive ketones (excluding diaryl/α,β-unsaturated/α-hetero) is 2. The molecule has 1 spiro atoms. The molecule has 0 aromatic rings. The fraction of sp³-hybridized carbons (Fsp3) is 0.333. The molecule has 0 aromatic carbocycles. The van der Waals surface area contributed by atoms with Crippen molar-refractivity contribution in [3.05, 3.63) is 47.1 Å². The minimum Gasteiger partial charge on any atom is -0.295 e. The summed E-state index contributed by atoms with van der Waals surface area (Å²) in [4.78, 5) is 23.6. The van der Waals surface area contributed by atoms with Crippen molar-refractivity contribution in [2.24, 2.45) is 11.3 Å². The number of hydrogen-bond acceptors (Lipinski definition) is 2. The number of ketones is 2. The molecule has 0 N–H and O–H groups in total. The number of allylic oxidation sites excluding steroid dienone is 8. The zero-order valence-electron chi connectivity index (χ0n) is 9.99. The van der Waals surface area contributed by atoms with E-state index in [0.717, 1.165) is 12.0 Å². The van der Waals surface area contributed by atoms with E-state index in [1.165, 1.54) is 12.5 Å². The summed E-state index contributed by atoms with van der Waals surface area (Å²) in [6, 6.07) is 0. The van der Waals surface area contributed by atoms with Crippen LogP contribution in [0.5, 0.6) is 0 Å². The van der Waals surface area contributed by atoms with Crippen LogP contribution in [0.15, 0.2) is 47.1 Å². The molecule has 3 aliphatic carbocycles. The highest BCUT2D eigenvalue weighted by Crippen LogP contribution is 2.66. The van der Waals surface area contributed by atoms with Gasteiger partial charge in [0.05, 0.1) is 0 Å². The molecule has 86 valence electrons. The Morgan fingerprint density at radius 1 is 1.24 bits per heavy atom. The minimum atomic E-state index is -0.170. The number of carbonyl (C=O) groups excluding carboxylic acids is 2.